The highest BCUT2D eigenvalue weighted by Crippen LogP contribution is 2.34. The van der Waals surface area contributed by atoms with Gasteiger partial charge >= 0.3 is 0 Å². The number of rotatable bonds is 8. The van der Waals surface area contributed by atoms with Crippen LogP contribution in [0.25, 0.3) is 0 Å². The van der Waals surface area contributed by atoms with Gasteiger partial charge in [-0.1, -0.05) is 42.5 Å². The molecule has 0 unspecified atom stereocenters. The number of methoxy groups -OCH3 is 2. The Kier molecular flexibility index (Phi) is 7.72. The summed E-state index contributed by atoms with van der Waals surface area (Å²) in [7, 11) is 3.27. The Morgan fingerprint density at radius 2 is 1.70 bits per heavy atom. The van der Waals surface area contributed by atoms with Crippen molar-refractivity contribution in [3.05, 3.63) is 94.8 Å². The van der Waals surface area contributed by atoms with Crippen LogP contribution in [0.2, 0.25) is 0 Å². The van der Waals surface area contributed by atoms with Crippen LogP contribution in [0.5, 0.6) is 11.5 Å². The summed E-state index contributed by atoms with van der Waals surface area (Å²) < 4.78 is 24.6. The lowest BCUT2D eigenvalue weighted by Gasteiger charge is -2.34. The molecule has 6 nitrogen and oxygen atoms in total. The highest BCUT2D eigenvalue weighted by Gasteiger charge is 2.39. The molecule has 0 saturated carbocycles. The molecule has 1 fully saturated rings. The molecule has 0 spiro atoms. The first-order chi connectivity index (χ1) is 18.0. The van der Waals surface area contributed by atoms with E-state index in [0.717, 1.165) is 36.3 Å². The van der Waals surface area contributed by atoms with E-state index in [1.165, 1.54) is 17.2 Å². The molecule has 1 saturated heterocycles. The maximum atomic E-state index is 13.9. The Morgan fingerprint density at radius 3 is 2.43 bits per heavy atom. The van der Waals surface area contributed by atoms with Crippen molar-refractivity contribution in [2.45, 2.75) is 44.6 Å². The van der Waals surface area contributed by atoms with Gasteiger partial charge in [0.1, 0.15) is 5.82 Å². The first-order valence-electron chi connectivity index (χ1n) is 12.8. The van der Waals surface area contributed by atoms with Crippen LogP contribution in [-0.2, 0) is 30.8 Å². The average molecular weight is 504 g/mol. The van der Waals surface area contributed by atoms with Crippen molar-refractivity contribution in [3.63, 3.8) is 0 Å². The Labute approximate surface area is 218 Å². The third-order valence-electron chi connectivity index (χ3n) is 7.43. The minimum absolute atomic E-state index is 0.141. The van der Waals surface area contributed by atoms with Gasteiger partial charge in [-0.2, -0.15) is 0 Å². The standard InChI is InChI=1S/C30H34FN3O3/c1-36-28-14-23-11-12-33(19-24(23)15-29(28)37-2)30(35)27-16-26(32-17-22-9-6-10-25(31)13-22)20-34(27)18-21-7-4-3-5-8-21/h3-10,13-15,26-27,32H,11-12,16-20H2,1-2H3/t26-,27-/m0/s1. The maximum Gasteiger partial charge on any atom is 0.240 e. The molecule has 0 radical (unpaired) electrons. The summed E-state index contributed by atoms with van der Waals surface area (Å²) in [6.07, 6.45) is 1.50. The van der Waals surface area contributed by atoms with Gasteiger partial charge in [-0.3, -0.25) is 9.69 Å². The second-order valence-electron chi connectivity index (χ2n) is 9.86. The molecule has 1 N–H and O–H groups in total. The molecule has 7 heteroatoms. The van der Waals surface area contributed by atoms with Gasteiger partial charge in [0.2, 0.25) is 5.91 Å². The summed E-state index contributed by atoms with van der Waals surface area (Å²) in [5, 5.41) is 3.56. The number of amides is 1. The minimum Gasteiger partial charge on any atom is -0.493 e. The second-order valence-corrected chi connectivity index (χ2v) is 9.86. The van der Waals surface area contributed by atoms with Gasteiger partial charge in [0, 0.05) is 38.8 Å². The molecule has 0 bridgehead atoms. The van der Waals surface area contributed by atoms with E-state index in [9.17, 15) is 9.18 Å². The highest BCUT2D eigenvalue weighted by atomic mass is 19.1. The zero-order chi connectivity index (χ0) is 25.8. The van der Waals surface area contributed by atoms with E-state index in [1.807, 2.05) is 41.3 Å². The van der Waals surface area contributed by atoms with Crippen LogP contribution in [-0.4, -0.2) is 55.1 Å². The first kappa shape index (κ1) is 25.2. The fourth-order valence-electron chi connectivity index (χ4n) is 5.49. The van der Waals surface area contributed by atoms with Gasteiger partial charge in [0.05, 0.1) is 20.3 Å². The number of nitrogens with zero attached hydrogens (tertiary/aromatic N) is 2. The van der Waals surface area contributed by atoms with E-state index in [4.69, 9.17) is 9.47 Å². The Balaban J connectivity index is 1.31. The SMILES string of the molecule is COc1cc2c(cc1OC)CN(C(=O)[C@@H]1C[C@H](NCc3cccc(F)c3)CN1Cc1ccccc1)CC2. The van der Waals surface area contributed by atoms with Crippen LogP contribution in [0.4, 0.5) is 4.39 Å². The number of fused-ring (bicyclic) bond motifs is 1. The van der Waals surface area contributed by atoms with E-state index in [-0.39, 0.29) is 23.8 Å². The monoisotopic (exact) mass is 503 g/mol. The summed E-state index contributed by atoms with van der Waals surface area (Å²) in [6, 6.07) is 20.9. The van der Waals surface area contributed by atoms with E-state index in [0.29, 0.717) is 31.9 Å². The third-order valence-corrected chi connectivity index (χ3v) is 7.43. The van der Waals surface area contributed by atoms with Crippen molar-refractivity contribution in [2.75, 3.05) is 27.3 Å². The van der Waals surface area contributed by atoms with E-state index in [1.54, 1.807) is 26.4 Å². The van der Waals surface area contributed by atoms with E-state index in [2.05, 4.69) is 22.3 Å². The Morgan fingerprint density at radius 1 is 0.973 bits per heavy atom. The predicted octanol–water partition coefficient (Wildman–Crippen LogP) is 4.16. The summed E-state index contributed by atoms with van der Waals surface area (Å²) in [6.45, 7) is 3.28. The summed E-state index contributed by atoms with van der Waals surface area (Å²) in [5.41, 5.74) is 4.39. The van der Waals surface area contributed by atoms with Crippen molar-refractivity contribution in [1.82, 2.24) is 15.1 Å². The van der Waals surface area contributed by atoms with Crippen LogP contribution in [0, 0.1) is 5.82 Å². The number of carbonyl (C=O) groups excluding carboxylic acids is 1. The fourth-order valence-corrected chi connectivity index (χ4v) is 5.49. The number of ether oxygens (including phenoxy) is 2. The molecule has 3 aromatic rings. The highest BCUT2D eigenvalue weighted by molar-refractivity contribution is 5.82. The molecule has 37 heavy (non-hydrogen) atoms. The summed E-state index contributed by atoms with van der Waals surface area (Å²) in [4.78, 5) is 18.2. The molecule has 0 aliphatic carbocycles. The van der Waals surface area contributed by atoms with Crippen LogP contribution in [0.3, 0.4) is 0 Å². The molecule has 194 valence electrons. The number of hydrogen-bond acceptors (Lipinski definition) is 5. The number of benzene rings is 3. The lowest BCUT2D eigenvalue weighted by molar-refractivity contribution is -0.137. The Bertz CT molecular complexity index is 1240. The maximum absolute atomic E-state index is 13.9. The molecule has 2 aliphatic heterocycles. The van der Waals surface area contributed by atoms with Gasteiger partial charge in [0.15, 0.2) is 11.5 Å². The molecule has 5 rings (SSSR count). The van der Waals surface area contributed by atoms with Crippen LogP contribution >= 0.6 is 0 Å². The molecule has 2 heterocycles. The van der Waals surface area contributed by atoms with Crippen molar-refractivity contribution >= 4 is 5.91 Å². The molecule has 2 aliphatic rings. The number of halogens is 1. The fraction of sp³-hybridized carbons (Fsp3) is 0.367. The van der Waals surface area contributed by atoms with Gasteiger partial charge in [-0.25, -0.2) is 4.39 Å². The van der Waals surface area contributed by atoms with Gasteiger partial charge < -0.3 is 19.7 Å². The zero-order valence-corrected chi connectivity index (χ0v) is 21.5. The van der Waals surface area contributed by atoms with E-state index >= 15 is 0 Å². The number of hydrogen-bond donors (Lipinski definition) is 1. The molecule has 2 atom stereocenters. The largest absolute Gasteiger partial charge is 0.493 e. The number of carbonyl (C=O) groups is 1. The van der Waals surface area contributed by atoms with E-state index < -0.39 is 0 Å². The van der Waals surface area contributed by atoms with Crippen LogP contribution in [0.1, 0.15) is 28.7 Å². The molecule has 0 aromatic heterocycles. The normalized spacial score (nSPS) is 19.5. The van der Waals surface area contributed by atoms with Crippen LogP contribution in [0.15, 0.2) is 66.7 Å². The topological polar surface area (TPSA) is 54.0 Å². The van der Waals surface area contributed by atoms with Crippen LogP contribution < -0.4 is 14.8 Å². The van der Waals surface area contributed by atoms with Gasteiger partial charge in [0.25, 0.3) is 0 Å². The number of nitrogens with one attached hydrogen (secondary N) is 1. The second kappa shape index (κ2) is 11.3. The summed E-state index contributed by atoms with van der Waals surface area (Å²) >= 11 is 0. The van der Waals surface area contributed by atoms with Crippen molar-refractivity contribution in [3.8, 4) is 11.5 Å². The molecular weight excluding hydrogens is 469 g/mol. The predicted molar refractivity (Wildman–Crippen MR) is 141 cm³/mol. The minimum atomic E-state index is -0.232. The average Bonchev–Trinajstić information content (AvgIpc) is 3.33. The molecule has 3 aromatic carbocycles. The zero-order valence-electron chi connectivity index (χ0n) is 21.5. The van der Waals surface area contributed by atoms with Crippen molar-refractivity contribution in [1.29, 1.82) is 0 Å². The van der Waals surface area contributed by atoms with Gasteiger partial charge in [-0.05, 0) is 59.4 Å². The molecule has 1 amide bonds. The Hall–Kier alpha value is -3.42. The van der Waals surface area contributed by atoms with Crippen molar-refractivity contribution < 1.29 is 18.7 Å². The molecular formula is C30H34FN3O3. The third kappa shape index (κ3) is 5.78. The lowest BCUT2D eigenvalue weighted by Crippen LogP contribution is -2.47. The smallest absolute Gasteiger partial charge is 0.240 e. The summed E-state index contributed by atoms with van der Waals surface area (Å²) in [5.74, 6) is 1.33. The quantitative estimate of drug-likeness (QED) is 0.500. The lowest BCUT2D eigenvalue weighted by atomic mass is 9.98. The van der Waals surface area contributed by atoms with Gasteiger partial charge in [-0.15, -0.1) is 0 Å². The first-order valence-corrected chi connectivity index (χ1v) is 12.8. The van der Waals surface area contributed by atoms with Crippen molar-refractivity contribution in [2.24, 2.45) is 0 Å². The number of likely N-dealkylation sites (tertiary alicyclic amines) is 1.